The summed E-state index contributed by atoms with van der Waals surface area (Å²) in [5.41, 5.74) is 5.74. The van der Waals surface area contributed by atoms with Gasteiger partial charge in [-0.2, -0.15) is 0 Å². The normalized spacial score (nSPS) is 26.3. The summed E-state index contributed by atoms with van der Waals surface area (Å²) in [6.45, 7) is 9.40. The SMILES string of the molecule is CC(=O)N1CCN(C[C@@H](C)N)C[C@@H]1C. The molecule has 1 rings (SSSR count). The molecule has 1 amide bonds. The fourth-order valence-electron chi connectivity index (χ4n) is 2.07. The summed E-state index contributed by atoms with van der Waals surface area (Å²) in [6.07, 6.45) is 0. The van der Waals surface area contributed by atoms with E-state index in [0.717, 1.165) is 26.2 Å². The average molecular weight is 199 g/mol. The van der Waals surface area contributed by atoms with Gasteiger partial charge in [-0.1, -0.05) is 0 Å². The van der Waals surface area contributed by atoms with Gasteiger partial charge in [-0.25, -0.2) is 0 Å². The zero-order valence-electron chi connectivity index (χ0n) is 9.36. The highest BCUT2D eigenvalue weighted by atomic mass is 16.2. The summed E-state index contributed by atoms with van der Waals surface area (Å²) in [6, 6.07) is 0.533. The van der Waals surface area contributed by atoms with Crippen LogP contribution in [0.1, 0.15) is 20.8 Å². The van der Waals surface area contributed by atoms with E-state index >= 15 is 0 Å². The maximum Gasteiger partial charge on any atom is 0.219 e. The number of carbonyl (C=O) groups excluding carboxylic acids is 1. The molecule has 0 aromatic rings. The molecule has 4 heteroatoms. The predicted octanol–water partition coefficient (Wildman–Crippen LogP) is -0.114. The van der Waals surface area contributed by atoms with Crippen LogP contribution in [0.3, 0.4) is 0 Å². The maximum absolute atomic E-state index is 11.2. The molecule has 0 bridgehead atoms. The van der Waals surface area contributed by atoms with Crippen LogP contribution in [-0.4, -0.2) is 54.0 Å². The third-order valence-electron chi connectivity index (χ3n) is 2.66. The van der Waals surface area contributed by atoms with Crippen LogP contribution in [0.4, 0.5) is 0 Å². The lowest BCUT2D eigenvalue weighted by Crippen LogP contribution is -2.55. The van der Waals surface area contributed by atoms with Crippen molar-refractivity contribution >= 4 is 5.91 Å². The first-order chi connectivity index (χ1) is 6.50. The molecule has 14 heavy (non-hydrogen) atoms. The van der Waals surface area contributed by atoms with Crippen molar-refractivity contribution in [1.82, 2.24) is 9.80 Å². The molecule has 0 saturated carbocycles. The van der Waals surface area contributed by atoms with E-state index in [0.29, 0.717) is 6.04 Å². The summed E-state index contributed by atoms with van der Waals surface area (Å²) in [7, 11) is 0. The Bertz CT molecular complexity index is 206. The summed E-state index contributed by atoms with van der Waals surface area (Å²) in [5.74, 6) is 0.179. The molecule has 0 aliphatic carbocycles. The quantitative estimate of drug-likeness (QED) is 0.675. The Kier molecular flexibility index (Phi) is 3.89. The first-order valence-electron chi connectivity index (χ1n) is 5.26. The third kappa shape index (κ3) is 2.96. The van der Waals surface area contributed by atoms with Gasteiger partial charge in [0.05, 0.1) is 0 Å². The first-order valence-corrected chi connectivity index (χ1v) is 5.26. The predicted molar refractivity (Wildman–Crippen MR) is 56.9 cm³/mol. The minimum atomic E-state index is 0.179. The fourth-order valence-corrected chi connectivity index (χ4v) is 2.07. The minimum Gasteiger partial charge on any atom is -0.338 e. The number of hydrogen-bond donors (Lipinski definition) is 1. The highest BCUT2D eigenvalue weighted by Gasteiger charge is 2.25. The van der Waals surface area contributed by atoms with Crippen molar-refractivity contribution in [1.29, 1.82) is 0 Å². The topological polar surface area (TPSA) is 49.6 Å². The monoisotopic (exact) mass is 199 g/mol. The van der Waals surface area contributed by atoms with Crippen molar-refractivity contribution in [2.45, 2.75) is 32.9 Å². The van der Waals surface area contributed by atoms with E-state index in [4.69, 9.17) is 5.73 Å². The van der Waals surface area contributed by atoms with Crippen LogP contribution in [0.25, 0.3) is 0 Å². The molecule has 0 unspecified atom stereocenters. The van der Waals surface area contributed by atoms with Gasteiger partial charge >= 0.3 is 0 Å². The van der Waals surface area contributed by atoms with E-state index in [9.17, 15) is 4.79 Å². The van der Waals surface area contributed by atoms with E-state index < -0.39 is 0 Å². The van der Waals surface area contributed by atoms with Crippen LogP contribution in [-0.2, 0) is 4.79 Å². The van der Waals surface area contributed by atoms with Crippen molar-refractivity contribution in [2.75, 3.05) is 26.2 Å². The second kappa shape index (κ2) is 4.75. The Hall–Kier alpha value is -0.610. The third-order valence-corrected chi connectivity index (χ3v) is 2.66. The van der Waals surface area contributed by atoms with Gasteiger partial charge in [-0.15, -0.1) is 0 Å². The highest BCUT2D eigenvalue weighted by molar-refractivity contribution is 5.73. The Morgan fingerprint density at radius 3 is 2.64 bits per heavy atom. The standard InChI is InChI=1S/C10H21N3O/c1-8(11)6-12-4-5-13(10(3)14)9(2)7-12/h8-9H,4-7,11H2,1-3H3/t8-,9+/m1/s1. The van der Waals surface area contributed by atoms with Crippen molar-refractivity contribution in [2.24, 2.45) is 5.73 Å². The number of nitrogens with zero attached hydrogens (tertiary/aromatic N) is 2. The van der Waals surface area contributed by atoms with Gasteiger partial charge in [0.1, 0.15) is 0 Å². The molecule has 1 heterocycles. The first kappa shape index (κ1) is 11.5. The molecule has 0 radical (unpaired) electrons. The lowest BCUT2D eigenvalue weighted by Gasteiger charge is -2.40. The van der Waals surface area contributed by atoms with Crippen LogP contribution in [0.2, 0.25) is 0 Å². The van der Waals surface area contributed by atoms with Crippen molar-refractivity contribution in [3.63, 3.8) is 0 Å². The lowest BCUT2D eigenvalue weighted by atomic mass is 10.1. The number of rotatable bonds is 2. The van der Waals surface area contributed by atoms with Crippen LogP contribution >= 0.6 is 0 Å². The van der Waals surface area contributed by atoms with Crippen LogP contribution in [0.15, 0.2) is 0 Å². The highest BCUT2D eigenvalue weighted by Crippen LogP contribution is 2.09. The van der Waals surface area contributed by atoms with Crippen molar-refractivity contribution in [3.05, 3.63) is 0 Å². The van der Waals surface area contributed by atoms with Crippen LogP contribution in [0, 0.1) is 0 Å². The second-order valence-electron chi connectivity index (χ2n) is 4.30. The Labute approximate surface area is 86.0 Å². The van der Waals surface area contributed by atoms with E-state index in [1.54, 1.807) is 6.92 Å². The maximum atomic E-state index is 11.2. The number of nitrogens with two attached hydrogens (primary N) is 1. The summed E-state index contributed by atoms with van der Waals surface area (Å²) in [5, 5.41) is 0. The number of carbonyl (C=O) groups is 1. The summed E-state index contributed by atoms with van der Waals surface area (Å²) >= 11 is 0. The second-order valence-corrected chi connectivity index (χ2v) is 4.30. The van der Waals surface area contributed by atoms with Gasteiger partial charge in [0, 0.05) is 45.2 Å². The molecule has 2 N–H and O–H groups in total. The molecule has 82 valence electrons. The van der Waals surface area contributed by atoms with Crippen LogP contribution < -0.4 is 5.73 Å². The van der Waals surface area contributed by atoms with E-state index in [-0.39, 0.29) is 11.9 Å². The van der Waals surface area contributed by atoms with E-state index in [1.165, 1.54) is 0 Å². The molecule has 0 aromatic heterocycles. The van der Waals surface area contributed by atoms with Crippen LogP contribution in [0.5, 0.6) is 0 Å². The molecule has 4 nitrogen and oxygen atoms in total. The molecule has 1 saturated heterocycles. The van der Waals surface area contributed by atoms with Gasteiger partial charge in [0.15, 0.2) is 0 Å². The molecular formula is C10H21N3O. The summed E-state index contributed by atoms with van der Waals surface area (Å²) in [4.78, 5) is 15.5. The minimum absolute atomic E-state index is 0.179. The van der Waals surface area contributed by atoms with Gasteiger partial charge in [-0.05, 0) is 13.8 Å². The largest absolute Gasteiger partial charge is 0.338 e. The number of amides is 1. The summed E-state index contributed by atoms with van der Waals surface area (Å²) < 4.78 is 0. The number of hydrogen-bond acceptors (Lipinski definition) is 3. The molecular weight excluding hydrogens is 178 g/mol. The molecule has 1 aliphatic rings. The Morgan fingerprint density at radius 2 is 2.21 bits per heavy atom. The number of piperazine rings is 1. The fraction of sp³-hybridized carbons (Fsp3) is 0.900. The van der Waals surface area contributed by atoms with Gasteiger partial charge in [0.25, 0.3) is 0 Å². The Balaban J connectivity index is 2.42. The van der Waals surface area contributed by atoms with Gasteiger partial charge < -0.3 is 10.6 Å². The van der Waals surface area contributed by atoms with E-state index in [1.807, 2.05) is 11.8 Å². The average Bonchev–Trinajstić information content (AvgIpc) is 2.01. The molecule has 0 aromatic carbocycles. The zero-order chi connectivity index (χ0) is 10.7. The molecule has 0 spiro atoms. The Morgan fingerprint density at radius 1 is 1.57 bits per heavy atom. The smallest absolute Gasteiger partial charge is 0.219 e. The van der Waals surface area contributed by atoms with Crippen molar-refractivity contribution < 1.29 is 4.79 Å². The van der Waals surface area contributed by atoms with Crippen molar-refractivity contribution in [3.8, 4) is 0 Å². The van der Waals surface area contributed by atoms with Gasteiger partial charge in [0.2, 0.25) is 5.91 Å². The molecule has 1 aliphatic heterocycles. The van der Waals surface area contributed by atoms with Gasteiger partial charge in [-0.3, -0.25) is 9.69 Å². The zero-order valence-corrected chi connectivity index (χ0v) is 9.36. The lowest BCUT2D eigenvalue weighted by molar-refractivity contribution is -0.133. The van der Waals surface area contributed by atoms with E-state index in [2.05, 4.69) is 11.8 Å². The molecule has 1 fully saturated rings. The molecule has 2 atom stereocenters.